The monoisotopic (exact) mass is 306 g/mol. The molecule has 1 aliphatic carbocycles. The molecule has 4 nitrogen and oxygen atoms in total. The summed E-state index contributed by atoms with van der Waals surface area (Å²) in [5.74, 6) is 0.514. The van der Waals surface area contributed by atoms with Gasteiger partial charge in [0.2, 0.25) is 0 Å². The van der Waals surface area contributed by atoms with E-state index in [1.807, 2.05) is 0 Å². The third-order valence-electron chi connectivity index (χ3n) is 6.57. The maximum Gasteiger partial charge on any atom is 0.192 e. The summed E-state index contributed by atoms with van der Waals surface area (Å²) < 4.78 is 6.41. The molecule has 4 rings (SSSR count). The summed E-state index contributed by atoms with van der Waals surface area (Å²) in [5, 5.41) is 3.22. The molecule has 0 aromatic carbocycles. The molecule has 4 fully saturated rings. The zero-order valence-corrected chi connectivity index (χ0v) is 13.9. The van der Waals surface area contributed by atoms with Gasteiger partial charge >= 0.3 is 0 Å². The largest absolute Gasteiger partial charge is 0.345 e. The van der Waals surface area contributed by atoms with Crippen LogP contribution in [0.15, 0.2) is 0 Å². The van der Waals surface area contributed by atoms with E-state index in [2.05, 4.69) is 17.1 Å². The highest BCUT2D eigenvalue weighted by Crippen LogP contribution is 2.46. The Morgan fingerprint density at radius 2 is 1.91 bits per heavy atom. The number of rotatable bonds is 2. The van der Waals surface area contributed by atoms with Crippen LogP contribution in [0.1, 0.15) is 64.7 Å². The Balaban J connectivity index is 1.42. The van der Waals surface area contributed by atoms with Crippen molar-refractivity contribution in [3.8, 4) is 0 Å². The van der Waals surface area contributed by atoms with E-state index in [-0.39, 0.29) is 11.5 Å². The summed E-state index contributed by atoms with van der Waals surface area (Å²) in [6, 6.07) is 0.811. The third-order valence-corrected chi connectivity index (χ3v) is 6.57. The van der Waals surface area contributed by atoms with Gasteiger partial charge in [0.15, 0.2) is 11.5 Å². The number of ketones is 1. The van der Waals surface area contributed by atoms with Crippen LogP contribution in [0, 0.1) is 5.92 Å². The standard InChI is InChI=1S/C18H30N2O2/c1-2-14-12-17(22-18(13-19-18)16(14)21)8-10-20(11-9-17)15-6-4-3-5-7-15/h14-15,19H,2-13H2,1H3. The molecule has 124 valence electrons. The predicted octanol–water partition coefficient (Wildman–Crippen LogP) is 2.47. The van der Waals surface area contributed by atoms with Gasteiger partial charge in [-0.25, -0.2) is 0 Å². The fourth-order valence-electron chi connectivity index (χ4n) is 5.04. The van der Waals surface area contributed by atoms with Gasteiger partial charge in [0.25, 0.3) is 0 Å². The third kappa shape index (κ3) is 2.53. The molecule has 4 aliphatic rings. The summed E-state index contributed by atoms with van der Waals surface area (Å²) in [5.41, 5.74) is -0.630. The van der Waals surface area contributed by atoms with Crippen molar-refractivity contribution in [1.29, 1.82) is 0 Å². The Hall–Kier alpha value is -0.450. The average molecular weight is 306 g/mol. The maximum absolute atomic E-state index is 12.5. The first-order valence-corrected chi connectivity index (χ1v) is 9.40. The van der Waals surface area contributed by atoms with E-state index in [4.69, 9.17) is 4.74 Å². The molecule has 3 saturated heterocycles. The molecular weight excluding hydrogens is 276 g/mol. The van der Waals surface area contributed by atoms with Gasteiger partial charge < -0.3 is 9.64 Å². The van der Waals surface area contributed by atoms with E-state index in [1.165, 1.54) is 32.1 Å². The lowest BCUT2D eigenvalue weighted by atomic mass is 9.75. The van der Waals surface area contributed by atoms with Gasteiger partial charge in [0.1, 0.15) is 0 Å². The minimum absolute atomic E-state index is 0.0384. The Labute approximate surface area is 134 Å². The first kappa shape index (κ1) is 15.1. The van der Waals surface area contributed by atoms with Crippen molar-refractivity contribution < 1.29 is 9.53 Å². The van der Waals surface area contributed by atoms with Crippen LogP contribution >= 0.6 is 0 Å². The van der Waals surface area contributed by atoms with E-state index in [9.17, 15) is 4.79 Å². The summed E-state index contributed by atoms with van der Waals surface area (Å²) in [7, 11) is 0. The quantitative estimate of drug-likeness (QED) is 0.796. The molecule has 22 heavy (non-hydrogen) atoms. The van der Waals surface area contributed by atoms with Gasteiger partial charge in [-0.3, -0.25) is 10.1 Å². The highest BCUT2D eigenvalue weighted by Gasteiger charge is 2.61. The number of nitrogens with zero attached hydrogens (tertiary/aromatic N) is 1. The second-order valence-electron chi connectivity index (χ2n) is 7.97. The van der Waals surface area contributed by atoms with Gasteiger partial charge in [0.05, 0.1) is 5.60 Å². The molecule has 0 aromatic heterocycles. The van der Waals surface area contributed by atoms with Crippen molar-refractivity contribution in [3.05, 3.63) is 0 Å². The fraction of sp³-hybridized carbons (Fsp3) is 0.944. The van der Waals surface area contributed by atoms with Gasteiger partial charge in [-0.1, -0.05) is 26.2 Å². The van der Waals surface area contributed by atoms with Gasteiger partial charge in [0, 0.05) is 31.6 Å². The average Bonchev–Trinajstić information content (AvgIpc) is 3.33. The van der Waals surface area contributed by atoms with Crippen LogP contribution in [0.25, 0.3) is 0 Å². The molecule has 1 saturated carbocycles. The van der Waals surface area contributed by atoms with E-state index in [0.29, 0.717) is 5.78 Å². The molecular formula is C18H30N2O2. The van der Waals surface area contributed by atoms with Crippen LogP contribution in [0.3, 0.4) is 0 Å². The molecule has 1 N–H and O–H groups in total. The first-order valence-electron chi connectivity index (χ1n) is 9.40. The lowest BCUT2D eigenvalue weighted by Crippen LogP contribution is -2.58. The summed E-state index contributed by atoms with van der Waals surface area (Å²) in [6.07, 6.45) is 11.1. The van der Waals surface area contributed by atoms with Gasteiger partial charge in [-0.05, 0) is 38.5 Å². The van der Waals surface area contributed by atoms with Crippen molar-refractivity contribution in [3.63, 3.8) is 0 Å². The lowest BCUT2D eigenvalue weighted by molar-refractivity contribution is -0.191. The smallest absolute Gasteiger partial charge is 0.192 e. The van der Waals surface area contributed by atoms with Crippen LogP contribution in [0.5, 0.6) is 0 Å². The number of carbonyl (C=O) groups excluding carboxylic acids is 1. The van der Waals surface area contributed by atoms with Crippen molar-refractivity contribution in [1.82, 2.24) is 10.2 Å². The Bertz CT molecular complexity index is 432. The summed E-state index contributed by atoms with van der Waals surface area (Å²) >= 11 is 0. The van der Waals surface area contributed by atoms with Crippen LogP contribution in [-0.2, 0) is 9.53 Å². The zero-order valence-electron chi connectivity index (χ0n) is 13.9. The Kier molecular flexibility index (Phi) is 3.82. The van der Waals surface area contributed by atoms with Crippen molar-refractivity contribution >= 4 is 5.78 Å². The normalized spacial score (nSPS) is 39.5. The molecule has 4 heteroatoms. The molecule has 0 amide bonds. The Morgan fingerprint density at radius 1 is 1.23 bits per heavy atom. The number of nitrogens with one attached hydrogen (secondary N) is 1. The second-order valence-corrected chi connectivity index (χ2v) is 7.97. The molecule has 0 bridgehead atoms. The van der Waals surface area contributed by atoms with E-state index in [1.54, 1.807) is 0 Å². The lowest BCUT2D eigenvalue weighted by Gasteiger charge is -2.49. The minimum Gasteiger partial charge on any atom is -0.345 e. The SMILES string of the molecule is CCC1CC2(CCN(C3CCCCC3)CC2)OC2(CN2)C1=O. The zero-order chi connectivity index (χ0) is 15.2. The number of hydrogen-bond donors (Lipinski definition) is 1. The number of piperidine rings is 1. The topological polar surface area (TPSA) is 51.5 Å². The number of carbonyl (C=O) groups is 1. The summed E-state index contributed by atoms with van der Waals surface area (Å²) in [4.78, 5) is 15.2. The highest BCUT2D eigenvalue weighted by atomic mass is 16.6. The van der Waals surface area contributed by atoms with Crippen LogP contribution < -0.4 is 5.32 Å². The van der Waals surface area contributed by atoms with Crippen molar-refractivity contribution in [2.75, 3.05) is 19.6 Å². The molecule has 3 aliphatic heterocycles. The molecule has 0 radical (unpaired) electrons. The van der Waals surface area contributed by atoms with Crippen LogP contribution in [0.2, 0.25) is 0 Å². The molecule has 3 heterocycles. The van der Waals surface area contributed by atoms with Gasteiger partial charge in [-0.15, -0.1) is 0 Å². The number of likely N-dealkylation sites (tertiary alicyclic amines) is 1. The maximum atomic E-state index is 12.5. The molecule has 2 spiro atoms. The highest BCUT2D eigenvalue weighted by molar-refractivity contribution is 5.92. The van der Waals surface area contributed by atoms with E-state index < -0.39 is 5.72 Å². The minimum atomic E-state index is -0.591. The van der Waals surface area contributed by atoms with Crippen LogP contribution in [-0.4, -0.2) is 47.7 Å². The molecule has 2 atom stereocenters. The van der Waals surface area contributed by atoms with E-state index >= 15 is 0 Å². The fourth-order valence-corrected chi connectivity index (χ4v) is 5.04. The van der Waals surface area contributed by atoms with Crippen molar-refractivity contribution in [2.45, 2.75) is 82.1 Å². The molecule has 0 aromatic rings. The predicted molar refractivity (Wildman–Crippen MR) is 85.6 cm³/mol. The first-order chi connectivity index (χ1) is 10.7. The van der Waals surface area contributed by atoms with Crippen molar-refractivity contribution in [2.24, 2.45) is 5.92 Å². The number of Topliss-reactive ketones (excluding diaryl/α,β-unsaturated/α-hetero) is 1. The van der Waals surface area contributed by atoms with E-state index in [0.717, 1.165) is 51.4 Å². The Morgan fingerprint density at radius 3 is 2.50 bits per heavy atom. The molecule has 2 unspecified atom stereocenters. The summed E-state index contributed by atoms with van der Waals surface area (Å²) in [6.45, 7) is 5.20. The number of hydrogen-bond acceptors (Lipinski definition) is 4. The number of ether oxygens (including phenoxy) is 1. The van der Waals surface area contributed by atoms with Gasteiger partial charge in [-0.2, -0.15) is 0 Å². The second kappa shape index (κ2) is 5.57. The van der Waals surface area contributed by atoms with Crippen LogP contribution in [0.4, 0.5) is 0 Å².